The van der Waals surface area contributed by atoms with E-state index in [-0.39, 0.29) is 11.8 Å². The Bertz CT molecular complexity index is 1500. The molecule has 4 aromatic carbocycles. The molecule has 8 nitrogen and oxygen atoms in total. The zero-order valence-corrected chi connectivity index (χ0v) is 22.7. The van der Waals surface area contributed by atoms with Crippen molar-refractivity contribution in [2.24, 2.45) is 0 Å². The number of carbonyl (C=O) groups excluding carboxylic acids is 2. The van der Waals surface area contributed by atoms with Gasteiger partial charge in [-0.1, -0.05) is 30.3 Å². The number of hydrogen-bond donors (Lipinski definition) is 1. The van der Waals surface area contributed by atoms with Crippen LogP contribution in [0.15, 0.2) is 91.0 Å². The van der Waals surface area contributed by atoms with Crippen molar-refractivity contribution >= 4 is 17.5 Å². The van der Waals surface area contributed by atoms with E-state index >= 15 is 0 Å². The van der Waals surface area contributed by atoms with Gasteiger partial charge in [0.25, 0.3) is 5.91 Å². The number of ether oxygens (including phenoxy) is 4. The second kappa shape index (κ2) is 11.4. The van der Waals surface area contributed by atoms with Crippen LogP contribution < -0.4 is 24.3 Å². The zero-order chi connectivity index (χ0) is 28.2. The molecule has 1 aliphatic rings. The van der Waals surface area contributed by atoms with Crippen molar-refractivity contribution in [1.29, 1.82) is 0 Å². The van der Waals surface area contributed by atoms with E-state index in [1.165, 1.54) is 14.2 Å². The Morgan fingerprint density at radius 2 is 1.35 bits per heavy atom. The van der Waals surface area contributed by atoms with Gasteiger partial charge in [-0.05, 0) is 71.8 Å². The number of rotatable bonds is 8. The van der Waals surface area contributed by atoms with Gasteiger partial charge in [-0.3, -0.25) is 9.59 Å². The third-order valence-corrected chi connectivity index (χ3v) is 7.02. The van der Waals surface area contributed by atoms with Crippen LogP contribution in [0.25, 0.3) is 0 Å². The lowest BCUT2D eigenvalue weighted by Crippen LogP contribution is -2.44. The minimum absolute atomic E-state index is 0.219. The van der Waals surface area contributed by atoms with E-state index in [2.05, 4.69) is 5.32 Å². The van der Waals surface area contributed by atoms with Gasteiger partial charge >= 0.3 is 0 Å². The van der Waals surface area contributed by atoms with Crippen molar-refractivity contribution in [3.63, 3.8) is 0 Å². The van der Waals surface area contributed by atoms with Crippen LogP contribution >= 0.6 is 0 Å². The molecule has 1 heterocycles. The fourth-order valence-electron chi connectivity index (χ4n) is 5.00. The normalized spacial score (nSPS) is 16.1. The first-order chi connectivity index (χ1) is 19.4. The minimum atomic E-state index is -0.744. The lowest BCUT2D eigenvalue weighted by molar-refractivity contribution is -0.119. The quantitative estimate of drug-likeness (QED) is 0.294. The van der Waals surface area contributed by atoms with Gasteiger partial charge in [-0.25, -0.2) is 0 Å². The number of likely N-dealkylation sites (N-methyl/N-ethyl adjacent to an activating group) is 1. The molecule has 1 N–H and O–H groups in total. The summed E-state index contributed by atoms with van der Waals surface area (Å²) in [4.78, 5) is 29.2. The summed E-state index contributed by atoms with van der Waals surface area (Å²) in [6, 6.07) is 26.8. The van der Waals surface area contributed by atoms with Crippen LogP contribution in [0.1, 0.15) is 33.4 Å². The third-order valence-electron chi connectivity index (χ3n) is 7.02. The van der Waals surface area contributed by atoms with E-state index in [9.17, 15) is 9.59 Å². The summed E-state index contributed by atoms with van der Waals surface area (Å²) in [6.07, 6.45) is 0. The van der Waals surface area contributed by atoms with Crippen molar-refractivity contribution in [3.8, 4) is 28.7 Å². The summed E-state index contributed by atoms with van der Waals surface area (Å²) >= 11 is 0. The molecule has 2 amide bonds. The maximum absolute atomic E-state index is 14.0. The van der Waals surface area contributed by atoms with Crippen molar-refractivity contribution in [2.75, 3.05) is 33.7 Å². The standard InChI is InChI=1S/C32H30N2O6/c1-34-30(20-10-14-22(37-2)15-11-20)29(25-18-27(38-3)28(39-4)19-26(25)32(34)36)31(35)33-21-12-16-24(17-13-21)40-23-8-6-5-7-9-23/h5-19,29-30H,1-4H3,(H,33,35)/t29-,30+/m0/s1. The number of carbonyl (C=O) groups is 2. The van der Waals surface area contributed by atoms with Crippen LogP contribution in [0.2, 0.25) is 0 Å². The monoisotopic (exact) mass is 538 g/mol. The number of hydrogen-bond acceptors (Lipinski definition) is 6. The highest BCUT2D eigenvalue weighted by atomic mass is 16.5. The van der Waals surface area contributed by atoms with Gasteiger partial charge < -0.3 is 29.2 Å². The maximum atomic E-state index is 14.0. The molecule has 0 aromatic heterocycles. The van der Waals surface area contributed by atoms with Crippen LogP contribution in [0.3, 0.4) is 0 Å². The lowest BCUT2D eigenvalue weighted by Gasteiger charge is -2.40. The summed E-state index contributed by atoms with van der Waals surface area (Å²) in [5, 5.41) is 3.04. The SMILES string of the molecule is COc1ccc([C@@H]2[C@@H](C(=O)Nc3ccc(Oc4ccccc4)cc3)c3cc(OC)c(OC)cc3C(=O)N2C)cc1. The van der Waals surface area contributed by atoms with Gasteiger partial charge in [0, 0.05) is 18.3 Å². The highest BCUT2D eigenvalue weighted by molar-refractivity contribution is 6.05. The molecule has 0 fully saturated rings. The Kier molecular flexibility index (Phi) is 7.59. The topological polar surface area (TPSA) is 86.3 Å². The second-order valence-corrected chi connectivity index (χ2v) is 9.33. The first-order valence-electron chi connectivity index (χ1n) is 12.7. The minimum Gasteiger partial charge on any atom is -0.497 e. The number of anilines is 1. The molecule has 0 spiro atoms. The summed E-state index contributed by atoms with van der Waals surface area (Å²) in [6.45, 7) is 0. The highest BCUT2D eigenvalue weighted by Gasteiger charge is 2.43. The average Bonchev–Trinajstić information content (AvgIpc) is 2.99. The van der Waals surface area contributed by atoms with Gasteiger partial charge in [-0.15, -0.1) is 0 Å². The lowest BCUT2D eigenvalue weighted by atomic mass is 9.79. The predicted octanol–water partition coefficient (Wildman–Crippen LogP) is 6.05. The molecular weight excluding hydrogens is 508 g/mol. The first-order valence-corrected chi connectivity index (χ1v) is 12.7. The molecule has 0 bridgehead atoms. The Morgan fingerprint density at radius 3 is 1.98 bits per heavy atom. The Labute approximate surface area is 233 Å². The van der Waals surface area contributed by atoms with E-state index < -0.39 is 12.0 Å². The van der Waals surface area contributed by atoms with Gasteiger partial charge in [0.15, 0.2) is 11.5 Å². The number of nitrogens with zero attached hydrogens (tertiary/aromatic N) is 1. The molecule has 204 valence electrons. The van der Waals surface area contributed by atoms with E-state index in [1.54, 1.807) is 55.5 Å². The number of methoxy groups -OCH3 is 3. The van der Waals surface area contributed by atoms with Crippen molar-refractivity contribution in [3.05, 3.63) is 108 Å². The van der Waals surface area contributed by atoms with Gasteiger partial charge in [-0.2, -0.15) is 0 Å². The number of amides is 2. The molecular formula is C32H30N2O6. The maximum Gasteiger partial charge on any atom is 0.254 e. The molecule has 0 radical (unpaired) electrons. The fraction of sp³-hybridized carbons (Fsp3) is 0.188. The van der Waals surface area contributed by atoms with Crippen LogP contribution in [0.5, 0.6) is 28.7 Å². The molecule has 1 aliphatic heterocycles. The molecule has 0 saturated heterocycles. The smallest absolute Gasteiger partial charge is 0.254 e. The summed E-state index contributed by atoms with van der Waals surface area (Å²) in [5.74, 6) is 1.66. The molecule has 40 heavy (non-hydrogen) atoms. The average molecular weight is 539 g/mol. The molecule has 4 aromatic rings. The number of nitrogens with one attached hydrogen (secondary N) is 1. The molecule has 0 aliphatic carbocycles. The largest absolute Gasteiger partial charge is 0.497 e. The second-order valence-electron chi connectivity index (χ2n) is 9.33. The first kappa shape index (κ1) is 26.6. The van der Waals surface area contributed by atoms with Crippen molar-refractivity contribution in [1.82, 2.24) is 4.90 Å². The van der Waals surface area contributed by atoms with Gasteiger partial charge in [0.1, 0.15) is 17.2 Å². The van der Waals surface area contributed by atoms with Crippen LogP contribution in [0, 0.1) is 0 Å². The van der Waals surface area contributed by atoms with Crippen LogP contribution in [-0.2, 0) is 4.79 Å². The molecule has 8 heteroatoms. The third kappa shape index (κ3) is 5.16. The molecule has 0 saturated carbocycles. The van der Waals surface area contributed by atoms with Crippen molar-refractivity contribution < 1.29 is 28.5 Å². The number of para-hydroxylation sites is 1. The zero-order valence-electron chi connectivity index (χ0n) is 22.7. The fourth-order valence-corrected chi connectivity index (χ4v) is 5.00. The highest BCUT2D eigenvalue weighted by Crippen LogP contribution is 2.46. The molecule has 5 rings (SSSR count). The van der Waals surface area contributed by atoms with Crippen molar-refractivity contribution in [2.45, 2.75) is 12.0 Å². The van der Waals surface area contributed by atoms with Crippen LogP contribution in [-0.4, -0.2) is 45.1 Å². The molecule has 0 unspecified atom stereocenters. The number of fused-ring (bicyclic) bond motifs is 1. The molecule has 2 atom stereocenters. The summed E-state index contributed by atoms with van der Waals surface area (Å²) in [7, 11) is 6.33. The van der Waals surface area contributed by atoms with E-state index in [0.29, 0.717) is 39.8 Å². The van der Waals surface area contributed by atoms with E-state index in [1.807, 2.05) is 54.6 Å². The number of benzene rings is 4. The summed E-state index contributed by atoms with van der Waals surface area (Å²) < 4.78 is 22.2. The van der Waals surface area contributed by atoms with Gasteiger partial charge in [0.2, 0.25) is 5.91 Å². The Morgan fingerprint density at radius 1 is 0.750 bits per heavy atom. The van der Waals surface area contributed by atoms with Crippen LogP contribution in [0.4, 0.5) is 5.69 Å². The summed E-state index contributed by atoms with van der Waals surface area (Å²) in [5.41, 5.74) is 2.34. The predicted molar refractivity (Wildman–Crippen MR) is 152 cm³/mol. The van der Waals surface area contributed by atoms with Gasteiger partial charge in [0.05, 0.1) is 33.3 Å². The van der Waals surface area contributed by atoms with E-state index in [0.717, 1.165) is 11.3 Å². The Balaban J connectivity index is 1.51. The van der Waals surface area contributed by atoms with E-state index in [4.69, 9.17) is 18.9 Å². The Hall–Kier alpha value is -4.98.